The van der Waals surface area contributed by atoms with Crippen LogP contribution in [0.25, 0.3) is 0 Å². The molecule has 0 radical (unpaired) electrons. The van der Waals surface area contributed by atoms with Gasteiger partial charge >= 0.3 is 5.97 Å². The van der Waals surface area contributed by atoms with E-state index in [1.165, 1.54) is 17.0 Å². The van der Waals surface area contributed by atoms with Gasteiger partial charge in [-0.15, -0.1) is 0 Å². The minimum atomic E-state index is -0.489. The summed E-state index contributed by atoms with van der Waals surface area (Å²) >= 11 is 1.07. The van der Waals surface area contributed by atoms with Gasteiger partial charge in [0.25, 0.3) is 5.91 Å². The molecule has 2 aromatic carbocycles. The number of carbonyl (C=O) groups is 2. The number of anilines is 1. The Labute approximate surface area is 189 Å². The van der Waals surface area contributed by atoms with Gasteiger partial charge in [0.2, 0.25) is 0 Å². The third-order valence-electron chi connectivity index (χ3n) is 4.45. The van der Waals surface area contributed by atoms with Crippen LogP contribution in [-0.2, 0) is 16.1 Å². The Bertz CT molecular complexity index is 1070. The molecule has 0 aliphatic heterocycles. The Kier molecular flexibility index (Phi) is 7.77. The van der Waals surface area contributed by atoms with Crippen molar-refractivity contribution in [2.75, 3.05) is 25.2 Å². The molecule has 0 bridgehead atoms. The van der Waals surface area contributed by atoms with Crippen molar-refractivity contribution in [1.82, 2.24) is 4.98 Å². The van der Waals surface area contributed by atoms with Crippen LogP contribution in [0.15, 0.2) is 48.5 Å². The molecule has 0 aliphatic carbocycles. The standard InChI is InChI=1S/C23H23FN2O5S/c1-4-30-22(28)21-15(2)25-23(32-21)26(13-16-5-7-17(24)8-6-16)20(27)14-31-19-11-9-18(29-3)10-12-19/h5-12H,4,13-14H2,1-3H3. The number of hydrogen-bond donors (Lipinski definition) is 0. The first-order valence-electron chi connectivity index (χ1n) is 9.87. The number of carbonyl (C=O) groups excluding carboxylic acids is 2. The third kappa shape index (κ3) is 5.82. The molecule has 1 aromatic heterocycles. The van der Waals surface area contributed by atoms with Crippen molar-refractivity contribution < 1.29 is 28.2 Å². The molecular formula is C23H23FN2O5S. The highest BCUT2D eigenvalue weighted by Gasteiger charge is 2.24. The Morgan fingerprint density at radius 1 is 1.06 bits per heavy atom. The normalized spacial score (nSPS) is 10.5. The van der Waals surface area contributed by atoms with Crippen molar-refractivity contribution in [3.63, 3.8) is 0 Å². The Morgan fingerprint density at radius 3 is 2.34 bits per heavy atom. The molecule has 1 amide bonds. The van der Waals surface area contributed by atoms with Gasteiger partial charge in [-0.3, -0.25) is 9.69 Å². The van der Waals surface area contributed by atoms with Gasteiger partial charge in [0.1, 0.15) is 22.2 Å². The largest absolute Gasteiger partial charge is 0.497 e. The summed E-state index contributed by atoms with van der Waals surface area (Å²) in [5.74, 6) is -0.0503. The molecule has 168 valence electrons. The number of hydrogen-bond acceptors (Lipinski definition) is 7. The molecule has 1 heterocycles. The summed E-state index contributed by atoms with van der Waals surface area (Å²) in [5, 5.41) is 0.332. The van der Waals surface area contributed by atoms with Crippen LogP contribution < -0.4 is 14.4 Å². The quantitative estimate of drug-likeness (QED) is 0.443. The van der Waals surface area contributed by atoms with Crippen LogP contribution in [0.4, 0.5) is 9.52 Å². The summed E-state index contributed by atoms with van der Waals surface area (Å²) in [6.45, 7) is 3.53. The summed E-state index contributed by atoms with van der Waals surface area (Å²) in [5.41, 5.74) is 1.17. The number of halogens is 1. The van der Waals surface area contributed by atoms with Crippen LogP contribution in [0.1, 0.15) is 27.9 Å². The average Bonchev–Trinajstić information content (AvgIpc) is 3.19. The topological polar surface area (TPSA) is 78.0 Å². The zero-order valence-corrected chi connectivity index (χ0v) is 18.8. The molecule has 32 heavy (non-hydrogen) atoms. The number of aryl methyl sites for hydroxylation is 1. The lowest BCUT2D eigenvalue weighted by Gasteiger charge is -2.20. The molecular weight excluding hydrogens is 435 g/mol. The van der Waals surface area contributed by atoms with E-state index in [4.69, 9.17) is 14.2 Å². The van der Waals surface area contributed by atoms with Gasteiger partial charge in [0.05, 0.1) is 26.0 Å². The van der Waals surface area contributed by atoms with Crippen molar-refractivity contribution in [2.24, 2.45) is 0 Å². The van der Waals surface area contributed by atoms with Gasteiger partial charge in [-0.1, -0.05) is 23.5 Å². The summed E-state index contributed by atoms with van der Waals surface area (Å²) in [4.78, 5) is 31.4. The Balaban J connectivity index is 1.82. The predicted molar refractivity (Wildman–Crippen MR) is 119 cm³/mol. The molecule has 0 fully saturated rings. The summed E-state index contributed by atoms with van der Waals surface area (Å²) in [6, 6.07) is 12.7. The number of rotatable bonds is 9. The van der Waals surface area contributed by atoms with E-state index in [-0.39, 0.29) is 31.5 Å². The van der Waals surface area contributed by atoms with E-state index in [0.29, 0.717) is 32.8 Å². The van der Waals surface area contributed by atoms with E-state index < -0.39 is 5.97 Å². The molecule has 7 nitrogen and oxygen atoms in total. The highest BCUT2D eigenvalue weighted by molar-refractivity contribution is 7.17. The minimum absolute atomic E-state index is 0.139. The van der Waals surface area contributed by atoms with E-state index in [1.54, 1.807) is 57.4 Å². The van der Waals surface area contributed by atoms with E-state index in [2.05, 4.69) is 4.98 Å². The van der Waals surface area contributed by atoms with Gasteiger partial charge in [-0.05, 0) is 55.8 Å². The molecule has 0 saturated carbocycles. The lowest BCUT2D eigenvalue weighted by molar-refractivity contribution is -0.120. The fraction of sp³-hybridized carbons (Fsp3) is 0.261. The van der Waals surface area contributed by atoms with Crippen LogP contribution in [0, 0.1) is 12.7 Å². The number of esters is 1. The number of methoxy groups -OCH3 is 1. The first-order valence-corrected chi connectivity index (χ1v) is 10.7. The van der Waals surface area contributed by atoms with Gasteiger partial charge in [0, 0.05) is 0 Å². The molecule has 3 aromatic rings. The van der Waals surface area contributed by atoms with Crippen molar-refractivity contribution in [1.29, 1.82) is 0 Å². The zero-order valence-electron chi connectivity index (χ0n) is 18.0. The van der Waals surface area contributed by atoms with Crippen LogP contribution >= 0.6 is 11.3 Å². The van der Waals surface area contributed by atoms with Crippen molar-refractivity contribution in [3.05, 3.63) is 70.5 Å². The number of thiazole rings is 1. The predicted octanol–water partition coefficient (Wildman–Crippen LogP) is 4.39. The van der Waals surface area contributed by atoms with E-state index in [0.717, 1.165) is 11.3 Å². The number of nitrogens with zero attached hydrogens (tertiary/aromatic N) is 2. The molecule has 0 spiro atoms. The van der Waals surface area contributed by atoms with Crippen molar-refractivity contribution >= 4 is 28.3 Å². The Hall–Kier alpha value is -3.46. The van der Waals surface area contributed by atoms with Crippen molar-refractivity contribution in [3.8, 4) is 11.5 Å². The molecule has 0 saturated heterocycles. The maximum atomic E-state index is 13.3. The van der Waals surface area contributed by atoms with Crippen LogP contribution in [0.3, 0.4) is 0 Å². The zero-order chi connectivity index (χ0) is 23.1. The maximum absolute atomic E-state index is 13.3. The summed E-state index contributed by atoms with van der Waals surface area (Å²) < 4.78 is 29.1. The molecule has 0 N–H and O–H groups in total. The van der Waals surface area contributed by atoms with E-state index >= 15 is 0 Å². The third-order valence-corrected chi connectivity index (χ3v) is 5.61. The molecule has 0 unspecified atom stereocenters. The summed E-state index contributed by atoms with van der Waals surface area (Å²) in [7, 11) is 1.56. The molecule has 0 aliphatic rings. The highest BCUT2D eigenvalue weighted by atomic mass is 32.1. The van der Waals surface area contributed by atoms with Gasteiger partial charge in [0.15, 0.2) is 11.7 Å². The van der Waals surface area contributed by atoms with Crippen LogP contribution in [0.5, 0.6) is 11.5 Å². The number of amides is 1. The minimum Gasteiger partial charge on any atom is -0.497 e. The summed E-state index contributed by atoms with van der Waals surface area (Å²) in [6.07, 6.45) is 0. The number of ether oxygens (including phenoxy) is 3. The van der Waals surface area contributed by atoms with Gasteiger partial charge in [-0.25, -0.2) is 14.2 Å². The highest BCUT2D eigenvalue weighted by Crippen LogP contribution is 2.28. The maximum Gasteiger partial charge on any atom is 0.350 e. The lowest BCUT2D eigenvalue weighted by Crippen LogP contribution is -2.34. The molecule has 3 rings (SSSR count). The monoisotopic (exact) mass is 458 g/mol. The number of benzene rings is 2. The van der Waals surface area contributed by atoms with E-state index in [1.807, 2.05) is 0 Å². The van der Waals surface area contributed by atoms with Crippen LogP contribution in [0.2, 0.25) is 0 Å². The van der Waals surface area contributed by atoms with Gasteiger partial charge < -0.3 is 14.2 Å². The second-order valence-electron chi connectivity index (χ2n) is 6.70. The van der Waals surface area contributed by atoms with Crippen LogP contribution in [-0.4, -0.2) is 37.2 Å². The lowest BCUT2D eigenvalue weighted by atomic mass is 10.2. The van der Waals surface area contributed by atoms with Crippen molar-refractivity contribution in [2.45, 2.75) is 20.4 Å². The fourth-order valence-electron chi connectivity index (χ4n) is 2.81. The second kappa shape index (κ2) is 10.7. The number of aromatic nitrogens is 1. The Morgan fingerprint density at radius 2 is 1.72 bits per heavy atom. The molecule has 9 heteroatoms. The van der Waals surface area contributed by atoms with Gasteiger partial charge in [-0.2, -0.15) is 0 Å². The first kappa shape index (κ1) is 23.2. The van der Waals surface area contributed by atoms with E-state index in [9.17, 15) is 14.0 Å². The average molecular weight is 459 g/mol. The fourth-order valence-corrected chi connectivity index (χ4v) is 3.79. The first-order chi connectivity index (χ1) is 15.4. The molecule has 0 atom stereocenters. The smallest absolute Gasteiger partial charge is 0.350 e. The second-order valence-corrected chi connectivity index (χ2v) is 7.68. The SMILES string of the molecule is CCOC(=O)c1sc(N(Cc2ccc(F)cc2)C(=O)COc2ccc(OC)cc2)nc1C.